The number of rotatable bonds is 4. The lowest BCUT2D eigenvalue weighted by Crippen LogP contribution is -2.26. The molecule has 2 aromatic carbocycles. The molecule has 0 unspecified atom stereocenters. The molecule has 0 saturated carbocycles. The van der Waals surface area contributed by atoms with Crippen molar-refractivity contribution in [3.05, 3.63) is 66.7 Å². The van der Waals surface area contributed by atoms with E-state index in [1.807, 2.05) is 31.2 Å². The third-order valence-electron chi connectivity index (χ3n) is 3.13. The van der Waals surface area contributed by atoms with Crippen LogP contribution in [0.4, 0.5) is 0 Å². The van der Waals surface area contributed by atoms with Crippen LogP contribution in [0.3, 0.4) is 0 Å². The van der Waals surface area contributed by atoms with Gasteiger partial charge in [0, 0.05) is 20.2 Å². The Hall–Kier alpha value is -0.780. The first-order valence-electron chi connectivity index (χ1n) is 6.46. The molecule has 0 aliphatic heterocycles. The highest BCUT2D eigenvalue weighted by atomic mass is 127. The van der Waals surface area contributed by atoms with Gasteiger partial charge in [-0.2, -0.15) is 0 Å². The summed E-state index contributed by atoms with van der Waals surface area (Å²) in [4.78, 5) is 12.2. The second kappa shape index (κ2) is 7.47. The Kier molecular flexibility index (Phi) is 5.90. The number of carbonyl (C=O) groups is 1. The minimum absolute atomic E-state index is 0.0619. The van der Waals surface area contributed by atoms with Crippen molar-refractivity contribution in [2.75, 3.05) is 6.54 Å². The van der Waals surface area contributed by atoms with Crippen molar-refractivity contribution >= 4 is 51.7 Å². The van der Waals surface area contributed by atoms with Crippen molar-refractivity contribution in [1.29, 1.82) is 0 Å². The summed E-state index contributed by atoms with van der Waals surface area (Å²) < 4.78 is 0.983. The number of nitrogens with one attached hydrogen (secondary N) is 1. The van der Waals surface area contributed by atoms with Gasteiger partial charge in [-0.05, 0) is 65.3 Å². The lowest BCUT2D eigenvalue weighted by Gasteiger charge is -2.09. The zero-order valence-electron chi connectivity index (χ0n) is 11.4. The van der Waals surface area contributed by atoms with Gasteiger partial charge in [-0.1, -0.05) is 41.4 Å². The number of halogens is 3. The third-order valence-corrected chi connectivity index (χ3v) is 5.15. The summed E-state index contributed by atoms with van der Waals surface area (Å²) in [5.41, 5.74) is 2.78. The van der Waals surface area contributed by atoms with Crippen molar-refractivity contribution in [3.63, 3.8) is 0 Å². The zero-order chi connectivity index (χ0) is 15.4. The van der Waals surface area contributed by atoms with Crippen LogP contribution >= 0.6 is 45.8 Å². The van der Waals surface area contributed by atoms with Crippen molar-refractivity contribution in [1.82, 2.24) is 5.32 Å². The predicted molar refractivity (Wildman–Crippen MR) is 96.4 cm³/mol. The first-order valence-corrected chi connectivity index (χ1v) is 8.29. The van der Waals surface area contributed by atoms with Crippen molar-refractivity contribution in [3.8, 4) is 0 Å². The molecule has 0 spiro atoms. The topological polar surface area (TPSA) is 29.1 Å². The predicted octanol–water partition coefficient (Wildman–Crippen LogP) is 4.88. The quantitative estimate of drug-likeness (QED) is 0.684. The molecule has 21 heavy (non-hydrogen) atoms. The monoisotopic (exact) mass is 433 g/mol. The Labute approximate surface area is 148 Å². The third kappa shape index (κ3) is 4.34. The maximum atomic E-state index is 12.2. The number of aryl methyl sites for hydroxylation is 1. The molecule has 0 aromatic heterocycles. The van der Waals surface area contributed by atoms with E-state index in [1.54, 1.807) is 12.1 Å². The maximum Gasteiger partial charge on any atom is 0.252 e. The summed E-state index contributed by atoms with van der Waals surface area (Å²) in [5.74, 6) is -0.0619. The summed E-state index contributed by atoms with van der Waals surface area (Å²) >= 11 is 14.2. The molecule has 0 atom stereocenters. The van der Waals surface area contributed by atoms with Gasteiger partial charge in [0.05, 0.1) is 5.56 Å². The fraction of sp³-hybridized carbons (Fsp3) is 0.188. The van der Waals surface area contributed by atoms with Crippen LogP contribution in [0.2, 0.25) is 10.0 Å². The Morgan fingerprint density at radius 2 is 2.00 bits per heavy atom. The Morgan fingerprint density at radius 1 is 1.24 bits per heavy atom. The van der Waals surface area contributed by atoms with E-state index in [0.717, 1.165) is 14.7 Å². The largest absolute Gasteiger partial charge is 0.352 e. The Bertz CT molecular complexity index is 673. The van der Waals surface area contributed by atoms with Crippen LogP contribution in [0.15, 0.2) is 36.4 Å². The molecule has 0 radical (unpaired) electrons. The van der Waals surface area contributed by atoms with Gasteiger partial charge in [-0.15, -0.1) is 0 Å². The summed E-state index contributed by atoms with van der Waals surface area (Å²) in [6.07, 6.45) is 0.671. The number of carbonyl (C=O) groups excluding carboxylic acids is 1. The van der Waals surface area contributed by atoms with E-state index in [0.29, 0.717) is 28.6 Å². The van der Waals surface area contributed by atoms with E-state index in [9.17, 15) is 4.79 Å². The van der Waals surface area contributed by atoms with Gasteiger partial charge < -0.3 is 5.32 Å². The highest BCUT2D eigenvalue weighted by Gasteiger charge is 2.11. The van der Waals surface area contributed by atoms with E-state index in [-0.39, 0.29) is 5.91 Å². The molecule has 5 heteroatoms. The van der Waals surface area contributed by atoms with Crippen LogP contribution in [0.5, 0.6) is 0 Å². The van der Waals surface area contributed by atoms with Gasteiger partial charge in [0.25, 0.3) is 5.91 Å². The van der Waals surface area contributed by atoms with Crippen LogP contribution in [-0.4, -0.2) is 12.5 Å². The van der Waals surface area contributed by atoms with Crippen molar-refractivity contribution in [2.45, 2.75) is 13.3 Å². The average Bonchev–Trinajstić information content (AvgIpc) is 2.44. The molecular formula is C16H14Cl2INO. The maximum absolute atomic E-state index is 12.2. The molecule has 0 bridgehead atoms. The standard InChI is InChI=1S/C16H14Cl2INO/c1-10-3-2-4-13(15(10)19)16(21)20-8-7-11-5-6-12(17)9-14(11)18/h2-6,9H,7-8H2,1H3,(H,20,21). The molecule has 2 rings (SSSR count). The lowest BCUT2D eigenvalue weighted by atomic mass is 10.1. The van der Waals surface area contributed by atoms with Gasteiger partial charge in [0.2, 0.25) is 0 Å². The normalized spacial score (nSPS) is 10.5. The van der Waals surface area contributed by atoms with Crippen molar-refractivity contribution < 1.29 is 4.79 Å². The van der Waals surface area contributed by atoms with E-state index in [4.69, 9.17) is 23.2 Å². The summed E-state index contributed by atoms with van der Waals surface area (Å²) in [6, 6.07) is 11.1. The SMILES string of the molecule is Cc1cccc(C(=O)NCCc2ccc(Cl)cc2Cl)c1I. The smallest absolute Gasteiger partial charge is 0.252 e. The van der Waals surface area contributed by atoms with Crippen LogP contribution in [0.1, 0.15) is 21.5 Å². The molecule has 0 heterocycles. The van der Waals surface area contributed by atoms with Crippen molar-refractivity contribution in [2.24, 2.45) is 0 Å². The van der Waals surface area contributed by atoms with Gasteiger partial charge in [-0.25, -0.2) is 0 Å². The summed E-state index contributed by atoms with van der Waals surface area (Å²) in [7, 11) is 0. The Balaban J connectivity index is 1.97. The highest BCUT2D eigenvalue weighted by molar-refractivity contribution is 14.1. The molecule has 2 aromatic rings. The van der Waals surface area contributed by atoms with Crippen LogP contribution in [0.25, 0.3) is 0 Å². The molecule has 2 nitrogen and oxygen atoms in total. The first-order chi connectivity index (χ1) is 9.99. The summed E-state index contributed by atoms with van der Waals surface area (Å²) in [6.45, 7) is 2.52. The minimum Gasteiger partial charge on any atom is -0.352 e. The van der Waals surface area contributed by atoms with Gasteiger partial charge in [-0.3, -0.25) is 4.79 Å². The van der Waals surface area contributed by atoms with Gasteiger partial charge in [0.1, 0.15) is 0 Å². The molecule has 0 saturated heterocycles. The average molecular weight is 434 g/mol. The van der Waals surface area contributed by atoms with Gasteiger partial charge in [0.15, 0.2) is 0 Å². The Morgan fingerprint density at radius 3 is 2.71 bits per heavy atom. The minimum atomic E-state index is -0.0619. The van der Waals surface area contributed by atoms with E-state index in [1.165, 1.54) is 0 Å². The molecule has 0 aliphatic rings. The molecule has 0 aliphatic carbocycles. The molecule has 1 N–H and O–H groups in total. The van der Waals surface area contributed by atoms with Crippen LogP contribution in [-0.2, 0) is 6.42 Å². The number of hydrogen-bond acceptors (Lipinski definition) is 1. The second-order valence-corrected chi connectivity index (χ2v) is 6.60. The molecular weight excluding hydrogens is 420 g/mol. The molecule has 110 valence electrons. The van der Waals surface area contributed by atoms with Crippen LogP contribution < -0.4 is 5.32 Å². The first kappa shape index (κ1) is 16.6. The van der Waals surface area contributed by atoms with Gasteiger partial charge >= 0.3 is 0 Å². The van der Waals surface area contributed by atoms with E-state index in [2.05, 4.69) is 27.9 Å². The highest BCUT2D eigenvalue weighted by Crippen LogP contribution is 2.21. The summed E-state index contributed by atoms with van der Waals surface area (Å²) in [5, 5.41) is 4.16. The van der Waals surface area contributed by atoms with E-state index < -0.39 is 0 Å². The van der Waals surface area contributed by atoms with Crippen LogP contribution in [0, 0.1) is 10.5 Å². The number of benzene rings is 2. The fourth-order valence-electron chi connectivity index (χ4n) is 1.95. The fourth-order valence-corrected chi connectivity index (χ4v) is 3.06. The lowest BCUT2D eigenvalue weighted by molar-refractivity contribution is 0.0953. The second-order valence-electron chi connectivity index (χ2n) is 4.68. The molecule has 1 amide bonds. The molecule has 0 fully saturated rings. The van der Waals surface area contributed by atoms with E-state index >= 15 is 0 Å². The number of hydrogen-bond donors (Lipinski definition) is 1. The zero-order valence-corrected chi connectivity index (χ0v) is 15.1. The number of amides is 1.